The maximum absolute atomic E-state index is 14.1. The second-order valence-corrected chi connectivity index (χ2v) is 6.95. The van der Waals surface area contributed by atoms with Crippen molar-refractivity contribution >= 4 is 0 Å². The first-order chi connectivity index (χ1) is 13.8. The van der Waals surface area contributed by atoms with Gasteiger partial charge in [-0.1, -0.05) is 0 Å². The monoisotopic (exact) mass is 516 g/mol. The molecule has 0 unspecified atom stereocenters. The van der Waals surface area contributed by atoms with Crippen LogP contribution in [0.1, 0.15) is 20.8 Å². The van der Waals surface area contributed by atoms with Gasteiger partial charge in [-0.2, -0.15) is 61.5 Å². The summed E-state index contributed by atoms with van der Waals surface area (Å²) >= 11 is 0. The maximum atomic E-state index is 14.1. The zero-order chi connectivity index (χ0) is 26.4. The average molecular weight is 516 g/mol. The van der Waals surface area contributed by atoms with Gasteiger partial charge in [0.1, 0.15) is 6.54 Å². The Bertz CT molecular complexity index is 629. The molecule has 0 bridgehead atoms. The molecule has 0 aliphatic rings. The van der Waals surface area contributed by atoms with Crippen LogP contribution in [0.5, 0.6) is 0 Å². The van der Waals surface area contributed by atoms with Crippen LogP contribution in [-0.4, -0.2) is 78.5 Å². The van der Waals surface area contributed by atoms with Crippen LogP contribution in [0.4, 0.5) is 70.2 Å². The Morgan fingerprint density at radius 3 is 1.06 bits per heavy atom. The Kier molecular flexibility index (Phi) is 8.25. The van der Waals surface area contributed by atoms with Crippen molar-refractivity contribution in [1.82, 2.24) is 0 Å². The highest BCUT2D eigenvalue weighted by atomic mass is 19.4. The molecule has 0 aliphatic heterocycles. The van der Waals surface area contributed by atoms with Crippen molar-refractivity contribution in [1.29, 1.82) is 0 Å². The lowest BCUT2D eigenvalue weighted by Gasteiger charge is -2.44. The van der Waals surface area contributed by atoms with Gasteiger partial charge in [0.05, 0.1) is 19.6 Å². The third-order valence-electron chi connectivity index (χ3n) is 5.28. The minimum absolute atomic E-state index is 0.477. The van der Waals surface area contributed by atoms with Crippen LogP contribution in [0.3, 0.4) is 0 Å². The zero-order valence-corrected chi connectivity index (χ0v) is 16.4. The van der Waals surface area contributed by atoms with Crippen molar-refractivity contribution in [2.75, 3.05) is 26.2 Å². The van der Waals surface area contributed by atoms with Gasteiger partial charge in [-0.05, 0) is 20.8 Å². The zero-order valence-electron chi connectivity index (χ0n) is 16.4. The lowest BCUT2D eigenvalue weighted by Crippen LogP contribution is -2.75. The molecule has 194 valence electrons. The Morgan fingerprint density at radius 2 is 0.781 bits per heavy atom. The molecule has 0 spiro atoms. The predicted octanol–water partition coefficient (Wildman–Crippen LogP) is 6.58. The van der Waals surface area contributed by atoms with Crippen LogP contribution in [-0.2, 0) is 0 Å². The molecule has 0 radical (unpaired) electrons. The fourth-order valence-electron chi connectivity index (χ4n) is 2.69. The minimum atomic E-state index is -8.34. The van der Waals surface area contributed by atoms with Crippen molar-refractivity contribution in [2.24, 2.45) is 0 Å². The van der Waals surface area contributed by atoms with E-state index in [0.29, 0.717) is 0 Å². The molecule has 0 N–H and O–H groups in total. The molecule has 17 heteroatoms. The van der Waals surface area contributed by atoms with Crippen LogP contribution >= 0.6 is 0 Å². The summed E-state index contributed by atoms with van der Waals surface area (Å²) in [7, 11) is 0. The number of hydrogen-bond donors (Lipinski definition) is 0. The smallest absolute Gasteiger partial charge is 0.319 e. The van der Waals surface area contributed by atoms with E-state index in [1.54, 1.807) is 0 Å². The fourth-order valence-corrected chi connectivity index (χ4v) is 2.69. The van der Waals surface area contributed by atoms with Crippen LogP contribution in [0.25, 0.3) is 0 Å². The SMILES string of the molecule is CC[N+](CC)(CC)CC(F)(F)C(F)(F)C(F)(F)C(F)(F)C(F)(F)C(F)(F)C(F)(F)C(F)F. The molecular weight excluding hydrogens is 498 g/mol. The second-order valence-electron chi connectivity index (χ2n) is 6.95. The van der Waals surface area contributed by atoms with E-state index in [9.17, 15) is 70.2 Å². The van der Waals surface area contributed by atoms with Gasteiger partial charge in [-0.25, -0.2) is 8.78 Å². The first-order valence-corrected chi connectivity index (χ1v) is 8.61. The number of nitrogens with zero attached hydrogens (tertiary/aromatic N) is 1. The van der Waals surface area contributed by atoms with Gasteiger partial charge in [0.25, 0.3) is 0 Å². The number of hydrogen-bond acceptors (Lipinski definition) is 0. The standard InChI is InChI=1S/C15H18F16N/c1-4-32(5-2,6-3)7-9(18,19)11(22,23)13(26,27)15(30,31)14(28,29)12(24,25)10(20,21)8(16)17/h8H,4-7H2,1-3H3/q+1. The maximum Gasteiger partial charge on any atom is 0.385 e. The molecule has 0 heterocycles. The summed E-state index contributed by atoms with van der Waals surface area (Å²) in [6, 6.07) is 0. The Balaban J connectivity index is 6.67. The summed E-state index contributed by atoms with van der Waals surface area (Å²) in [6.07, 6.45) is -5.84. The number of quaternary nitrogens is 1. The molecule has 0 saturated heterocycles. The Labute approximate surface area is 170 Å². The third kappa shape index (κ3) is 4.10. The second kappa shape index (κ2) is 8.56. The quantitative estimate of drug-likeness (QED) is 0.203. The van der Waals surface area contributed by atoms with E-state index in [1.165, 1.54) is 0 Å². The van der Waals surface area contributed by atoms with Crippen molar-refractivity contribution in [3.05, 3.63) is 0 Å². The molecule has 0 aliphatic carbocycles. The highest BCUT2D eigenvalue weighted by Crippen LogP contribution is 2.62. The normalized spacial score (nSPS) is 16.1. The first-order valence-electron chi connectivity index (χ1n) is 8.61. The predicted molar refractivity (Wildman–Crippen MR) is 77.4 cm³/mol. The summed E-state index contributed by atoms with van der Waals surface area (Å²) in [6.45, 7) is -0.510. The highest BCUT2D eigenvalue weighted by Gasteiger charge is 2.93. The molecule has 0 rings (SSSR count). The summed E-state index contributed by atoms with van der Waals surface area (Å²) < 4.78 is 212. The van der Waals surface area contributed by atoms with Gasteiger partial charge in [0.2, 0.25) is 0 Å². The number of rotatable bonds is 12. The van der Waals surface area contributed by atoms with Gasteiger partial charge in [-0.3, -0.25) is 0 Å². The summed E-state index contributed by atoms with van der Waals surface area (Å²) in [5, 5.41) is 0. The van der Waals surface area contributed by atoms with E-state index in [2.05, 4.69) is 0 Å². The Morgan fingerprint density at radius 1 is 0.500 bits per heavy atom. The number of halogens is 16. The van der Waals surface area contributed by atoms with Crippen molar-refractivity contribution in [3.63, 3.8) is 0 Å². The molecule has 0 saturated carbocycles. The van der Waals surface area contributed by atoms with Crippen molar-refractivity contribution in [2.45, 2.75) is 68.7 Å². The summed E-state index contributed by atoms with van der Waals surface area (Å²) in [4.78, 5) is 0. The molecule has 0 aromatic carbocycles. The molecule has 0 atom stereocenters. The van der Waals surface area contributed by atoms with Gasteiger partial charge in [0.15, 0.2) is 0 Å². The van der Waals surface area contributed by atoms with E-state index < -0.39 is 78.5 Å². The van der Waals surface area contributed by atoms with Gasteiger partial charge in [0, 0.05) is 0 Å². The van der Waals surface area contributed by atoms with Crippen LogP contribution in [0, 0.1) is 0 Å². The van der Waals surface area contributed by atoms with Gasteiger partial charge < -0.3 is 4.48 Å². The van der Waals surface area contributed by atoms with Crippen LogP contribution < -0.4 is 0 Å². The van der Waals surface area contributed by atoms with E-state index in [4.69, 9.17) is 0 Å². The van der Waals surface area contributed by atoms with E-state index in [-0.39, 0.29) is 0 Å². The average Bonchev–Trinajstić information content (AvgIpc) is 2.64. The molecule has 0 aromatic rings. The molecule has 1 nitrogen and oxygen atoms in total. The highest BCUT2D eigenvalue weighted by molar-refractivity contribution is 5.14. The van der Waals surface area contributed by atoms with Crippen LogP contribution in [0.2, 0.25) is 0 Å². The van der Waals surface area contributed by atoms with E-state index >= 15 is 0 Å². The molecule has 32 heavy (non-hydrogen) atoms. The minimum Gasteiger partial charge on any atom is -0.319 e. The van der Waals surface area contributed by atoms with Gasteiger partial charge >= 0.3 is 47.9 Å². The lowest BCUT2D eigenvalue weighted by atomic mass is 9.89. The Hall–Kier alpha value is -1.16. The summed E-state index contributed by atoms with van der Waals surface area (Å²) in [5.74, 6) is -54.0. The van der Waals surface area contributed by atoms with Crippen molar-refractivity contribution < 1.29 is 74.7 Å². The third-order valence-corrected chi connectivity index (χ3v) is 5.28. The van der Waals surface area contributed by atoms with E-state index in [1.807, 2.05) is 0 Å². The number of alkyl halides is 16. The molecular formula is C15H18F16N+. The largest absolute Gasteiger partial charge is 0.385 e. The van der Waals surface area contributed by atoms with Gasteiger partial charge in [-0.15, -0.1) is 0 Å². The topological polar surface area (TPSA) is 0 Å². The van der Waals surface area contributed by atoms with E-state index in [0.717, 1.165) is 20.8 Å². The summed E-state index contributed by atoms with van der Waals surface area (Å²) in [5.41, 5.74) is 0. The molecule has 0 amide bonds. The van der Waals surface area contributed by atoms with Crippen molar-refractivity contribution in [3.8, 4) is 0 Å². The first kappa shape index (κ1) is 30.8. The lowest BCUT2D eigenvalue weighted by molar-refractivity contribution is -0.931. The van der Waals surface area contributed by atoms with Crippen LogP contribution in [0.15, 0.2) is 0 Å². The molecule has 0 fully saturated rings. The molecule has 0 aromatic heterocycles. The fraction of sp³-hybridized carbons (Fsp3) is 1.00.